The summed E-state index contributed by atoms with van der Waals surface area (Å²) in [7, 11) is 0. The number of fused-ring (bicyclic) bond motifs is 1. The van der Waals surface area contributed by atoms with Crippen LogP contribution in [0.5, 0.6) is 5.75 Å². The van der Waals surface area contributed by atoms with Gasteiger partial charge in [0.25, 0.3) is 0 Å². The molecular weight excluding hydrogens is 250 g/mol. The topological polar surface area (TPSA) is 50.1 Å². The van der Waals surface area contributed by atoms with Crippen molar-refractivity contribution in [2.75, 3.05) is 6.54 Å². The maximum atomic E-state index is 9.56. The molecule has 1 aromatic carbocycles. The number of nitrogens with zero attached hydrogens (tertiary/aromatic N) is 2. The molecular formula is C16H21N3O. The molecule has 1 aliphatic carbocycles. The second-order valence-corrected chi connectivity index (χ2v) is 5.40. The zero-order chi connectivity index (χ0) is 13.8. The third-order valence-corrected chi connectivity index (χ3v) is 3.95. The van der Waals surface area contributed by atoms with Gasteiger partial charge >= 0.3 is 0 Å². The summed E-state index contributed by atoms with van der Waals surface area (Å²) in [6.45, 7) is 1.94. The van der Waals surface area contributed by atoms with Gasteiger partial charge in [0.1, 0.15) is 5.75 Å². The molecule has 1 aromatic heterocycles. The number of benzene rings is 1. The van der Waals surface area contributed by atoms with Crippen LogP contribution < -0.4 is 5.32 Å². The smallest absolute Gasteiger partial charge is 0.115 e. The number of aromatic hydroxyl groups is 1. The van der Waals surface area contributed by atoms with Crippen LogP contribution in [0.25, 0.3) is 0 Å². The fourth-order valence-electron chi connectivity index (χ4n) is 2.96. The van der Waals surface area contributed by atoms with Gasteiger partial charge in [0.15, 0.2) is 0 Å². The summed E-state index contributed by atoms with van der Waals surface area (Å²) in [5.41, 5.74) is 2.65. The number of phenols is 1. The SMILES string of the molecule is Oc1ccc2c(c1)CCCC2NCCCn1cccn1. The van der Waals surface area contributed by atoms with Crippen LogP contribution in [-0.2, 0) is 13.0 Å². The van der Waals surface area contributed by atoms with Gasteiger partial charge in [-0.05, 0) is 61.6 Å². The molecule has 1 atom stereocenters. The second kappa shape index (κ2) is 6.09. The molecule has 2 aromatic rings. The lowest BCUT2D eigenvalue weighted by Crippen LogP contribution is -2.26. The summed E-state index contributed by atoms with van der Waals surface area (Å²) in [6.07, 6.45) is 8.34. The van der Waals surface area contributed by atoms with Gasteiger partial charge in [0.2, 0.25) is 0 Å². The molecule has 0 aliphatic heterocycles. The lowest BCUT2D eigenvalue weighted by atomic mass is 9.87. The van der Waals surface area contributed by atoms with E-state index < -0.39 is 0 Å². The summed E-state index contributed by atoms with van der Waals surface area (Å²) in [5, 5.41) is 17.4. The van der Waals surface area contributed by atoms with Crippen molar-refractivity contribution in [2.45, 2.75) is 38.3 Å². The van der Waals surface area contributed by atoms with Gasteiger partial charge in [-0.25, -0.2) is 0 Å². The monoisotopic (exact) mass is 271 g/mol. The van der Waals surface area contributed by atoms with Crippen LogP contribution in [0.15, 0.2) is 36.7 Å². The highest BCUT2D eigenvalue weighted by Crippen LogP contribution is 2.31. The van der Waals surface area contributed by atoms with Crippen LogP contribution >= 0.6 is 0 Å². The molecule has 4 nitrogen and oxygen atoms in total. The zero-order valence-corrected chi connectivity index (χ0v) is 11.6. The maximum absolute atomic E-state index is 9.56. The minimum Gasteiger partial charge on any atom is -0.508 e. The van der Waals surface area contributed by atoms with Crippen molar-refractivity contribution in [1.82, 2.24) is 15.1 Å². The number of hydrogen-bond acceptors (Lipinski definition) is 3. The van der Waals surface area contributed by atoms with Gasteiger partial charge in [-0.15, -0.1) is 0 Å². The van der Waals surface area contributed by atoms with Crippen LogP contribution in [0.2, 0.25) is 0 Å². The van der Waals surface area contributed by atoms with E-state index in [2.05, 4.69) is 16.5 Å². The molecule has 1 heterocycles. The van der Waals surface area contributed by atoms with E-state index in [-0.39, 0.29) is 0 Å². The first-order valence-electron chi connectivity index (χ1n) is 7.35. The molecule has 3 rings (SSSR count). The van der Waals surface area contributed by atoms with Gasteiger partial charge < -0.3 is 10.4 Å². The van der Waals surface area contributed by atoms with Crippen LogP contribution in [0.3, 0.4) is 0 Å². The lowest BCUT2D eigenvalue weighted by Gasteiger charge is -2.26. The molecule has 106 valence electrons. The lowest BCUT2D eigenvalue weighted by molar-refractivity contribution is 0.436. The fourth-order valence-corrected chi connectivity index (χ4v) is 2.96. The van der Waals surface area contributed by atoms with Crippen molar-refractivity contribution >= 4 is 0 Å². The molecule has 1 aliphatic rings. The Kier molecular flexibility index (Phi) is 4.02. The Morgan fingerprint density at radius 2 is 2.35 bits per heavy atom. The average molecular weight is 271 g/mol. The maximum Gasteiger partial charge on any atom is 0.115 e. The van der Waals surface area contributed by atoms with Crippen LogP contribution in [0.1, 0.15) is 36.4 Å². The van der Waals surface area contributed by atoms with E-state index in [4.69, 9.17) is 0 Å². The quantitative estimate of drug-likeness (QED) is 0.822. The van der Waals surface area contributed by atoms with Crippen molar-refractivity contribution in [3.05, 3.63) is 47.8 Å². The standard InChI is InChI=1S/C16H21N3O/c20-14-6-7-15-13(12-14)4-1-5-16(15)17-8-2-10-19-11-3-9-18-19/h3,6-7,9,11-12,16-17,20H,1-2,4-5,8,10H2. The largest absolute Gasteiger partial charge is 0.508 e. The Morgan fingerprint density at radius 3 is 3.20 bits per heavy atom. The van der Waals surface area contributed by atoms with Gasteiger partial charge in [0, 0.05) is 25.0 Å². The minimum atomic E-state index is 0.378. The third kappa shape index (κ3) is 3.02. The van der Waals surface area contributed by atoms with Crippen LogP contribution in [0.4, 0.5) is 0 Å². The van der Waals surface area contributed by atoms with Crippen molar-refractivity contribution in [1.29, 1.82) is 0 Å². The molecule has 0 saturated carbocycles. The van der Waals surface area contributed by atoms with E-state index in [9.17, 15) is 5.11 Å². The van der Waals surface area contributed by atoms with E-state index in [1.807, 2.05) is 29.2 Å². The van der Waals surface area contributed by atoms with Gasteiger partial charge in [-0.3, -0.25) is 4.68 Å². The first-order chi connectivity index (χ1) is 9.83. The van der Waals surface area contributed by atoms with Gasteiger partial charge in [0.05, 0.1) is 0 Å². The van der Waals surface area contributed by atoms with Gasteiger partial charge in [-0.1, -0.05) is 6.07 Å². The number of phenolic OH excluding ortho intramolecular Hbond substituents is 1. The Bertz CT molecular complexity index is 551. The second-order valence-electron chi connectivity index (χ2n) is 5.40. The van der Waals surface area contributed by atoms with E-state index >= 15 is 0 Å². The summed E-state index contributed by atoms with van der Waals surface area (Å²) < 4.78 is 1.97. The summed E-state index contributed by atoms with van der Waals surface area (Å²) in [6, 6.07) is 8.15. The molecule has 0 amide bonds. The normalized spacial score (nSPS) is 17.9. The Morgan fingerprint density at radius 1 is 1.40 bits per heavy atom. The van der Waals surface area contributed by atoms with Crippen molar-refractivity contribution < 1.29 is 5.11 Å². The number of nitrogens with one attached hydrogen (secondary N) is 1. The first-order valence-corrected chi connectivity index (χ1v) is 7.35. The highest BCUT2D eigenvalue weighted by atomic mass is 16.3. The number of hydrogen-bond donors (Lipinski definition) is 2. The van der Waals surface area contributed by atoms with Crippen LogP contribution in [-0.4, -0.2) is 21.4 Å². The fraction of sp³-hybridized carbons (Fsp3) is 0.438. The van der Waals surface area contributed by atoms with Crippen molar-refractivity contribution in [3.8, 4) is 5.75 Å². The third-order valence-electron chi connectivity index (χ3n) is 3.95. The number of aryl methyl sites for hydroxylation is 2. The molecule has 20 heavy (non-hydrogen) atoms. The Balaban J connectivity index is 1.54. The van der Waals surface area contributed by atoms with E-state index in [1.165, 1.54) is 24.0 Å². The van der Waals surface area contributed by atoms with Gasteiger partial charge in [-0.2, -0.15) is 5.10 Å². The highest BCUT2D eigenvalue weighted by Gasteiger charge is 2.19. The molecule has 0 radical (unpaired) electrons. The highest BCUT2D eigenvalue weighted by molar-refractivity contribution is 5.38. The number of rotatable bonds is 5. The zero-order valence-electron chi connectivity index (χ0n) is 11.6. The molecule has 0 fully saturated rings. The summed E-state index contributed by atoms with van der Waals surface area (Å²) in [5.74, 6) is 0.378. The molecule has 1 unspecified atom stereocenters. The predicted octanol–water partition coefficient (Wildman–Crippen LogP) is 2.65. The molecule has 2 N–H and O–H groups in total. The minimum absolute atomic E-state index is 0.378. The van der Waals surface area contributed by atoms with Crippen molar-refractivity contribution in [2.24, 2.45) is 0 Å². The van der Waals surface area contributed by atoms with E-state index in [0.29, 0.717) is 11.8 Å². The summed E-state index contributed by atoms with van der Waals surface area (Å²) in [4.78, 5) is 0. The molecule has 0 bridgehead atoms. The van der Waals surface area contributed by atoms with Crippen molar-refractivity contribution in [3.63, 3.8) is 0 Å². The number of aromatic nitrogens is 2. The van der Waals surface area contributed by atoms with E-state index in [0.717, 1.165) is 25.9 Å². The molecule has 0 spiro atoms. The Labute approximate surface area is 119 Å². The Hall–Kier alpha value is -1.81. The molecule has 4 heteroatoms. The average Bonchev–Trinajstić information content (AvgIpc) is 2.96. The summed E-state index contributed by atoms with van der Waals surface area (Å²) >= 11 is 0. The molecule has 0 saturated heterocycles. The van der Waals surface area contributed by atoms with E-state index in [1.54, 1.807) is 6.07 Å². The predicted molar refractivity (Wildman–Crippen MR) is 78.6 cm³/mol. The first kappa shape index (κ1) is 13.2. The van der Waals surface area contributed by atoms with Crippen LogP contribution in [0, 0.1) is 0 Å².